The molecule has 1 aliphatic carbocycles. The molecule has 1 heterocycles. The fourth-order valence-electron chi connectivity index (χ4n) is 3.23. The van der Waals surface area contributed by atoms with Crippen LogP contribution in [-0.2, 0) is 14.3 Å². The molecule has 2 fully saturated rings. The summed E-state index contributed by atoms with van der Waals surface area (Å²) in [7, 11) is 0. The van der Waals surface area contributed by atoms with Gasteiger partial charge >= 0.3 is 5.97 Å². The Morgan fingerprint density at radius 2 is 2.00 bits per heavy atom. The minimum Gasteiger partial charge on any atom is -0.479 e. The molecule has 1 amide bonds. The largest absolute Gasteiger partial charge is 0.479 e. The van der Waals surface area contributed by atoms with Gasteiger partial charge in [0, 0.05) is 6.61 Å². The normalized spacial score (nSPS) is 38.9. The second-order valence-corrected chi connectivity index (χ2v) is 5.97. The van der Waals surface area contributed by atoms with E-state index < -0.39 is 17.6 Å². The van der Waals surface area contributed by atoms with Crippen molar-refractivity contribution >= 4 is 11.9 Å². The van der Waals surface area contributed by atoms with Gasteiger partial charge in [-0.25, -0.2) is 4.79 Å². The SMILES string of the molecule is CC1CCOC1C(=O)NC1(C(=O)O)CCCCC1C. The Hall–Kier alpha value is -1.10. The number of rotatable bonds is 3. The molecule has 1 saturated carbocycles. The van der Waals surface area contributed by atoms with Crippen LogP contribution in [0.3, 0.4) is 0 Å². The standard InChI is InChI=1S/C14H23NO4/c1-9-6-8-19-11(9)12(16)15-14(13(17)18)7-4-3-5-10(14)2/h9-11H,3-8H2,1-2H3,(H,15,16)(H,17,18). The third-order valence-electron chi connectivity index (χ3n) is 4.67. The van der Waals surface area contributed by atoms with Crippen molar-refractivity contribution in [1.82, 2.24) is 5.32 Å². The molecule has 1 aliphatic heterocycles. The maximum absolute atomic E-state index is 12.3. The highest BCUT2D eigenvalue weighted by Gasteiger charge is 2.48. The highest BCUT2D eigenvalue weighted by Crippen LogP contribution is 2.34. The summed E-state index contributed by atoms with van der Waals surface area (Å²) in [6.45, 7) is 4.45. The van der Waals surface area contributed by atoms with E-state index in [1.807, 2.05) is 13.8 Å². The molecule has 0 bridgehead atoms. The monoisotopic (exact) mass is 269 g/mol. The van der Waals surface area contributed by atoms with Gasteiger partial charge in [0.05, 0.1) is 0 Å². The zero-order chi connectivity index (χ0) is 14.0. The third kappa shape index (κ3) is 2.61. The van der Waals surface area contributed by atoms with Crippen LogP contribution in [-0.4, -0.2) is 35.2 Å². The van der Waals surface area contributed by atoms with Gasteiger partial charge in [-0.2, -0.15) is 0 Å². The summed E-state index contributed by atoms with van der Waals surface area (Å²) in [5.41, 5.74) is -1.11. The summed E-state index contributed by atoms with van der Waals surface area (Å²) in [6.07, 6.45) is 3.59. The molecule has 0 aromatic heterocycles. The molecular weight excluding hydrogens is 246 g/mol. The lowest BCUT2D eigenvalue weighted by atomic mass is 9.73. The van der Waals surface area contributed by atoms with Crippen molar-refractivity contribution in [3.8, 4) is 0 Å². The molecular formula is C14H23NO4. The van der Waals surface area contributed by atoms with Gasteiger partial charge in [-0.15, -0.1) is 0 Å². The first-order valence-corrected chi connectivity index (χ1v) is 7.14. The zero-order valence-corrected chi connectivity index (χ0v) is 11.6. The van der Waals surface area contributed by atoms with E-state index in [0.29, 0.717) is 13.0 Å². The molecule has 0 aromatic rings. The summed E-state index contributed by atoms with van der Waals surface area (Å²) < 4.78 is 5.42. The topological polar surface area (TPSA) is 75.6 Å². The van der Waals surface area contributed by atoms with Gasteiger partial charge in [0.25, 0.3) is 0 Å². The van der Waals surface area contributed by atoms with Crippen LogP contribution < -0.4 is 5.32 Å². The number of hydrogen-bond donors (Lipinski definition) is 2. The van der Waals surface area contributed by atoms with Gasteiger partial charge in [0.15, 0.2) is 0 Å². The lowest BCUT2D eigenvalue weighted by molar-refractivity contribution is -0.154. The second kappa shape index (κ2) is 5.49. The summed E-state index contributed by atoms with van der Waals surface area (Å²) >= 11 is 0. The number of carbonyl (C=O) groups is 2. The van der Waals surface area contributed by atoms with Crippen LogP contribution in [0.4, 0.5) is 0 Å². The van der Waals surface area contributed by atoms with Crippen LogP contribution in [0.15, 0.2) is 0 Å². The average molecular weight is 269 g/mol. The minimum absolute atomic E-state index is 0.0422. The summed E-state index contributed by atoms with van der Waals surface area (Å²) in [4.78, 5) is 23.9. The highest BCUT2D eigenvalue weighted by molar-refractivity contribution is 5.89. The summed E-state index contributed by atoms with van der Waals surface area (Å²) in [5, 5.41) is 12.4. The average Bonchev–Trinajstić information content (AvgIpc) is 2.78. The second-order valence-electron chi connectivity index (χ2n) is 5.97. The van der Waals surface area contributed by atoms with E-state index >= 15 is 0 Å². The Kier molecular flexibility index (Phi) is 4.13. The first-order chi connectivity index (χ1) is 8.97. The number of carboxylic acids is 1. The van der Waals surface area contributed by atoms with E-state index in [0.717, 1.165) is 25.7 Å². The highest BCUT2D eigenvalue weighted by atomic mass is 16.5. The molecule has 2 rings (SSSR count). The van der Waals surface area contributed by atoms with Gasteiger partial charge in [-0.3, -0.25) is 4.79 Å². The molecule has 4 unspecified atom stereocenters. The first-order valence-electron chi connectivity index (χ1n) is 7.14. The fraction of sp³-hybridized carbons (Fsp3) is 0.857. The summed E-state index contributed by atoms with van der Waals surface area (Å²) in [5.74, 6) is -1.07. The maximum atomic E-state index is 12.3. The van der Waals surface area contributed by atoms with E-state index in [1.165, 1.54) is 0 Å². The predicted molar refractivity (Wildman–Crippen MR) is 69.7 cm³/mol. The number of ether oxygens (including phenoxy) is 1. The van der Waals surface area contributed by atoms with E-state index in [4.69, 9.17) is 4.74 Å². The van der Waals surface area contributed by atoms with Crippen LogP contribution in [0, 0.1) is 11.8 Å². The van der Waals surface area contributed by atoms with Crippen molar-refractivity contribution in [3.63, 3.8) is 0 Å². The Labute approximate surface area is 113 Å². The fourth-order valence-corrected chi connectivity index (χ4v) is 3.23. The number of nitrogens with one attached hydrogen (secondary N) is 1. The molecule has 4 atom stereocenters. The Morgan fingerprint density at radius 3 is 2.53 bits per heavy atom. The Balaban J connectivity index is 2.12. The van der Waals surface area contributed by atoms with E-state index in [-0.39, 0.29) is 17.7 Å². The number of amides is 1. The number of aliphatic carboxylic acids is 1. The lowest BCUT2D eigenvalue weighted by Crippen LogP contribution is -2.62. The van der Waals surface area contributed by atoms with Gasteiger partial charge < -0.3 is 15.2 Å². The Bertz CT molecular complexity index is 370. The zero-order valence-electron chi connectivity index (χ0n) is 11.6. The number of hydrogen-bond acceptors (Lipinski definition) is 3. The molecule has 108 valence electrons. The molecule has 5 heteroatoms. The van der Waals surface area contributed by atoms with Crippen LogP contribution >= 0.6 is 0 Å². The molecule has 19 heavy (non-hydrogen) atoms. The third-order valence-corrected chi connectivity index (χ3v) is 4.67. The molecule has 0 radical (unpaired) electrons. The maximum Gasteiger partial charge on any atom is 0.329 e. The molecule has 2 N–H and O–H groups in total. The number of carboxylic acid groups (broad SMARTS) is 1. The van der Waals surface area contributed by atoms with Crippen molar-refractivity contribution in [1.29, 1.82) is 0 Å². The van der Waals surface area contributed by atoms with Crippen molar-refractivity contribution in [2.75, 3.05) is 6.61 Å². The minimum atomic E-state index is -1.11. The Morgan fingerprint density at radius 1 is 1.26 bits per heavy atom. The van der Waals surface area contributed by atoms with Crippen molar-refractivity contribution < 1.29 is 19.4 Å². The van der Waals surface area contributed by atoms with Gasteiger partial charge in [0.2, 0.25) is 5.91 Å². The first kappa shape index (κ1) is 14.3. The van der Waals surface area contributed by atoms with Crippen LogP contribution in [0.2, 0.25) is 0 Å². The molecule has 5 nitrogen and oxygen atoms in total. The summed E-state index contributed by atoms with van der Waals surface area (Å²) in [6, 6.07) is 0. The lowest BCUT2D eigenvalue weighted by Gasteiger charge is -2.40. The smallest absolute Gasteiger partial charge is 0.329 e. The quantitative estimate of drug-likeness (QED) is 0.815. The molecule has 2 aliphatic rings. The van der Waals surface area contributed by atoms with Gasteiger partial charge in [-0.05, 0) is 31.1 Å². The van der Waals surface area contributed by atoms with E-state index in [9.17, 15) is 14.7 Å². The van der Waals surface area contributed by atoms with E-state index in [2.05, 4.69) is 5.32 Å². The van der Waals surface area contributed by atoms with Crippen molar-refractivity contribution in [2.24, 2.45) is 11.8 Å². The molecule has 0 spiro atoms. The van der Waals surface area contributed by atoms with Crippen molar-refractivity contribution in [3.05, 3.63) is 0 Å². The molecule has 0 aromatic carbocycles. The van der Waals surface area contributed by atoms with E-state index in [1.54, 1.807) is 0 Å². The predicted octanol–water partition coefficient (Wildman–Crippen LogP) is 1.56. The van der Waals surface area contributed by atoms with Crippen molar-refractivity contribution in [2.45, 2.75) is 57.6 Å². The number of carbonyl (C=O) groups excluding carboxylic acids is 1. The van der Waals surface area contributed by atoms with Crippen LogP contribution in [0.1, 0.15) is 46.0 Å². The van der Waals surface area contributed by atoms with Crippen LogP contribution in [0.5, 0.6) is 0 Å². The van der Waals surface area contributed by atoms with Crippen LogP contribution in [0.25, 0.3) is 0 Å². The molecule has 1 saturated heterocycles. The van der Waals surface area contributed by atoms with Gasteiger partial charge in [-0.1, -0.05) is 26.7 Å². The van der Waals surface area contributed by atoms with Gasteiger partial charge in [0.1, 0.15) is 11.6 Å².